The first-order valence-electron chi connectivity index (χ1n) is 12.0. The molecule has 10 bridgehead atoms. The maximum Gasteiger partial charge on any atom is 0.230 e. The van der Waals surface area contributed by atoms with Gasteiger partial charge >= 0.3 is 0 Å². The summed E-state index contributed by atoms with van der Waals surface area (Å²) < 4.78 is 3.61. The standard InChI is InChI=1S/C33H24NS/c1-21-12-13-27-19-30(21)32-33-29(14-15-34(32)2)20-31(35-33)28-11-5-10-26(18-28)24-8-3-6-22(16-24)23-7-4-9-25(27)17-23/h3-20H,1-2H3/q+1. The van der Waals surface area contributed by atoms with Crippen LogP contribution in [0.15, 0.2) is 109 Å². The molecule has 0 aliphatic carbocycles. The van der Waals surface area contributed by atoms with Crippen LogP contribution >= 0.6 is 11.3 Å². The number of benzene rings is 4. The second-order valence-corrected chi connectivity index (χ2v) is 10.5. The summed E-state index contributed by atoms with van der Waals surface area (Å²) >= 11 is 1.89. The maximum atomic E-state index is 2.37. The van der Waals surface area contributed by atoms with Gasteiger partial charge < -0.3 is 0 Å². The molecule has 166 valence electrons. The molecule has 2 heteroatoms. The van der Waals surface area contributed by atoms with E-state index in [0.29, 0.717) is 0 Å². The molecule has 35 heavy (non-hydrogen) atoms. The fourth-order valence-electron chi connectivity index (χ4n) is 5.26. The van der Waals surface area contributed by atoms with Crippen LogP contribution in [-0.4, -0.2) is 0 Å². The number of aromatic nitrogens is 1. The topological polar surface area (TPSA) is 3.88 Å². The lowest BCUT2D eigenvalue weighted by Gasteiger charge is -2.12. The number of fused-ring (bicyclic) bond motifs is 14. The number of pyridine rings is 1. The number of aryl methyl sites for hydroxylation is 2. The van der Waals surface area contributed by atoms with Gasteiger partial charge in [-0.15, -0.1) is 11.3 Å². The Kier molecular flexibility index (Phi) is 4.52. The molecule has 1 aliphatic rings. The predicted molar refractivity (Wildman–Crippen MR) is 148 cm³/mol. The van der Waals surface area contributed by atoms with Crippen molar-refractivity contribution in [2.45, 2.75) is 6.92 Å². The van der Waals surface area contributed by atoms with Crippen molar-refractivity contribution in [3.63, 3.8) is 0 Å². The largest absolute Gasteiger partial charge is 0.230 e. The summed E-state index contributed by atoms with van der Waals surface area (Å²) in [4.78, 5) is 1.30. The molecule has 0 fully saturated rings. The Balaban J connectivity index is 1.61. The van der Waals surface area contributed by atoms with Crippen LogP contribution < -0.4 is 4.57 Å². The van der Waals surface area contributed by atoms with E-state index in [9.17, 15) is 0 Å². The predicted octanol–water partition coefficient (Wildman–Crippen LogP) is 8.68. The quantitative estimate of drug-likeness (QED) is 0.197. The third kappa shape index (κ3) is 3.33. The molecule has 0 unspecified atom stereocenters. The van der Waals surface area contributed by atoms with Crippen LogP contribution in [0.2, 0.25) is 0 Å². The molecule has 0 saturated heterocycles. The van der Waals surface area contributed by atoms with Gasteiger partial charge in [-0.3, -0.25) is 0 Å². The summed E-state index contributed by atoms with van der Waals surface area (Å²) in [6.45, 7) is 2.22. The maximum absolute atomic E-state index is 2.37. The lowest BCUT2D eigenvalue weighted by Crippen LogP contribution is -2.30. The Hall–Kier alpha value is -4.01. The first-order valence-corrected chi connectivity index (χ1v) is 12.8. The van der Waals surface area contributed by atoms with Gasteiger partial charge in [-0.1, -0.05) is 66.7 Å². The Bertz CT molecular complexity index is 1770. The van der Waals surface area contributed by atoms with E-state index in [4.69, 9.17) is 0 Å². The minimum Gasteiger partial charge on any atom is -0.200 e. The zero-order valence-electron chi connectivity index (χ0n) is 19.7. The molecule has 0 amide bonds. The van der Waals surface area contributed by atoms with Gasteiger partial charge in [-0.2, -0.15) is 4.57 Å². The highest BCUT2D eigenvalue weighted by atomic mass is 32.1. The van der Waals surface area contributed by atoms with Gasteiger partial charge in [0.1, 0.15) is 11.7 Å². The fraction of sp³-hybridized carbons (Fsp3) is 0.0606. The van der Waals surface area contributed by atoms with E-state index in [-0.39, 0.29) is 0 Å². The van der Waals surface area contributed by atoms with Crippen molar-refractivity contribution in [2.75, 3.05) is 0 Å². The molecule has 1 nitrogen and oxygen atoms in total. The van der Waals surface area contributed by atoms with Gasteiger partial charge in [-0.25, -0.2) is 0 Å². The molecule has 6 aromatic rings. The molecule has 0 spiro atoms. The van der Waals surface area contributed by atoms with E-state index in [1.165, 1.54) is 70.7 Å². The third-order valence-electron chi connectivity index (χ3n) is 7.17. The second-order valence-electron chi connectivity index (χ2n) is 9.44. The molecule has 0 atom stereocenters. The highest BCUT2D eigenvalue weighted by Gasteiger charge is 2.21. The van der Waals surface area contributed by atoms with Gasteiger partial charge in [0.05, 0.1) is 5.56 Å². The van der Waals surface area contributed by atoms with Crippen LogP contribution in [0.1, 0.15) is 5.56 Å². The molecule has 0 saturated carbocycles. The minimum absolute atomic E-state index is 1.24. The average molecular weight is 467 g/mol. The van der Waals surface area contributed by atoms with Crippen LogP contribution in [-0.2, 0) is 7.05 Å². The van der Waals surface area contributed by atoms with Crippen molar-refractivity contribution in [1.29, 1.82) is 0 Å². The van der Waals surface area contributed by atoms with E-state index >= 15 is 0 Å². The first kappa shape index (κ1) is 20.4. The van der Waals surface area contributed by atoms with E-state index in [0.717, 1.165) is 0 Å². The SMILES string of the molecule is Cc1ccc2cc1-c1c3sc(cc3cc[n+]1C)-c1cccc(c1)-c1cccc(c1)-c1cccc-2c1. The minimum atomic E-state index is 1.24. The van der Waals surface area contributed by atoms with Crippen LogP contribution in [0.25, 0.3) is 65.2 Å². The van der Waals surface area contributed by atoms with Crippen molar-refractivity contribution in [2.24, 2.45) is 7.05 Å². The molecule has 0 N–H and O–H groups in total. The Morgan fingerprint density at radius 3 is 1.74 bits per heavy atom. The molecule has 4 aromatic carbocycles. The first-order chi connectivity index (χ1) is 17.1. The second kappa shape index (κ2) is 7.76. The fourth-order valence-corrected chi connectivity index (χ4v) is 6.51. The van der Waals surface area contributed by atoms with Crippen LogP contribution in [0.4, 0.5) is 0 Å². The number of rotatable bonds is 0. The summed E-state index contributed by atoms with van der Waals surface area (Å²) in [6, 6.07) is 38.3. The smallest absolute Gasteiger partial charge is 0.200 e. The number of hydrogen-bond acceptors (Lipinski definition) is 1. The zero-order valence-corrected chi connectivity index (χ0v) is 20.6. The van der Waals surface area contributed by atoms with Gasteiger partial charge in [-0.05, 0) is 81.8 Å². The average Bonchev–Trinajstić information content (AvgIpc) is 3.34. The van der Waals surface area contributed by atoms with Crippen molar-refractivity contribution in [3.8, 4) is 55.1 Å². The summed E-state index contributed by atoms with van der Waals surface area (Å²) in [5, 5.41) is 1.29. The van der Waals surface area contributed by atoms with Crippen LogP contribution in [0.5, 0.6) is 0 Å². The highest BCUT2D eigenvalue weighted by Crippen LogP contribution is 2.41. The summed E-state index contributed by atoms with van der Waals surface area (Å²) in [7, 11) is 2.16. The van der Waals surface area contributed by atoms with E-state index in [2.05, 4.69) is 128 Å². The number of hydrogen-bond donors (Lipinski definition) is 0. The summed E-state index contributed by atoms with van der Waals surface area (Å²) in [5.41, 5.74) is 12.6. The molecule has 1 aliphatic heterocycles. The Labute approximate surface area is 209 Å². The van der Waals surface area contributed by atoms with Gasteiger partial charge in [0.25, 0.3) is 0 Å². The molecular formula is C33H24NS+. The van der Waals surface area contributed by atoms with E-state index < -0.39 is 0 Å². The zero-order chi connectivity index (χ0) is 23.5. The third-order valence-corrected chi connectivity index (χ3v) is 8.38. The van der Waals surface area contributed by atoms with Crippen molar-refractivity contribution >= 4 is 21.4 Å². The van der Waals surface area contributed by atoms with Crippen LogP contribution in [0.3, 0.4) is 0 Å². The number of nitrogens with zero attached hydrogens (tertiary/aromatic N) is 1. The molecule has 7 rings (SSSR count). The van der Waals surface area contributed by atoms with Gasteiger partial charge in [0.15, 0.2) is 6.20 Å². The summed E-state index contributed by atoms with van der Waals surface area (Å²) in [5.74, 6) is 0. The number of thiophene rings is 1. The van der Waals surface area contributed by atoms with Crippen molar-refractivity contribution in [1.82, 2.24) is 0 Å². The van der Waals surface area contributed by atoms with Gasteiger partial charge in [0.2, 0.25) is 5.69 Å². The summed E-state index contributed by atoms with van der Waals surface area (Å²) in [6.07, 6.45) is 2.19. The molecule has 2 aromatic heterocycles. The molecule has 0 radical (unpaired) electrons. The van der Waals surface area contributed by atoms with Gasteiger partial charge in [0, 0.05) is 16.3 Å². The molecular weight excluding hydrogens is 442 g/mol. The van der Waals surface area contributed by atoms with Crippen molar-refractivity contribution in [3.05, 3.63) is 115 Å². The van der Waals surface area contributed by atoms with Crippen LogP contribution in [0, 0.1) is 6.92 Å². The monoisotopic (exact) mass is 466 g/mol. The van der Waals surface area contributed by atoms with E-state index in [1.807, 2.05) is 11.3 Å². The normalized spacial score (nSPS) is 11.7. The Morgan fingerprint density at radius 2 is 1.11 bits per heavy atom. The molecule has 3 heterocycles. The van der Waals surface area contributed by atoms with Crippen molar-refractivity contribution < 1.29 is 4.57 Å². The Morgan fingerprint density at radius 1 is 0.571 bits per heavy atom. The van der Waals surface area contributed by atoms with E-state index in [1.54, 1.807) is 0 Å². The highest BCUT2D eigenvalue weighted by molar-refractivity contribution is 7.22. The lowest BCUT2D eigenvalue weighted by atomic mass is 9.94. The lowest BCUT2D eigenvalue weighted by molar-refractivity contribution is -0.659.